The first kappa shape index (κ1) is 15.4. The van der Waals surface area contributed by atoms with E-state index in [-0.39, 0.29) is 11.9 Å². The van der Waals surface area contributed by atoms with Crippen LogP contribution in [0.5, 0.6) is 0 Å². The third kappa shape index (κ3) is 3.39. The number of nitrogens with zero attached hydrogens (tertiary/aromatic N) is 3. The molecule has 2 N–H and O–H groups in total. The molecule has 0 fully saturated rings. The average Bonchev–Trinajstić information content (AvgIpc) is 2.84. The molecule has 0 saturated carbocycles. The number of pyridine rings is 1. The quantitative estimate of drug-likeness (QED) is 0.910. The van der Waals surface area contributed by atoms with Gasteiger partial charge in [0.05, 0.1) is 16.6 Å². The Hall–Kier alpha value is -1.95. The summed E-state index contributed by atoms with van der Waals surface area (Å²) in [5.41, 5.74) is 7.73. The average molecular weight is 290 g/mol. The maximum absolute atomic E-state index is 12.4. The van der Waals surface area contributed by atoms with Crippen LogP contribution in [0.4, 0.5) is 0 Å². The first-order valence-corrected chi connectivity index (χ1v) is 7.13. The molecule has 6 nitrogen and oxygen atoms in total. The van der Waals surface area contributed by atoms with Gasteiger partial charge in [0.15, 0.2) is 0 Å². The molecule has 1 unspecified atom stereocenters. The lowest BCUT2D eigenvalue weighted by Crippen LogP contribution is -2.34. The first-order valence-electron chi connectivity index (χ1n) is 7.13. The lowest BCUT2D eigenvalue weighted by Gasteiger charge is -2.21. The van der Waals surface area contributed by atoms with E-state index in [2.05, 4.69) is 24.0 Å². The highest BCUT2D eigenvalue weighted by molar-refractivity contribution is 5.96. The van der Waals surface area contributed by atoms with Crippen molar-refractivity contribution in [2.45, 2.75) is 33.2 Å². The van der Waals surface area contributed by atoms with Crippen LogP contribution in [0, 0.1) is 12.8 Å². The van der Waals surface area contributed by atoms with Crippen molar-refractivity contribution in [2.75, 3.05) is 13.6 Å². The minimum Gasteiger partial charge on any atom is -0.342 e. The van der Waals surface area contributed by atoms with Crippen LogP contribution >= 0.6 is 0 Å². The molecule has 0 aliphatic heterocycles. The molecule has 2 aromatic rings. The lowest BCUT2D eigenvalue weighted by molar-refractivity contribution is 0.0789. The Morgan fingerprint density at radius 1 is 1.48 bits per heavy atom. The Kier molecular flexibility index (Phi) is 4.57. The van der Waals surface area contributed by atoms with Crippen LogP contribution in [-0.4, -0.2) is 40.6 Å². The molecule has 0 spiro atoms. The molecule has 114 valence electrons. The largest absolute Gasteiger partial charge is 0.342 e. The summed E-state index contributed by atoms with van der Waals surface area (Å²) in [7, 11) is 1.78. The maximum Gasteiger partial charge on any atom is 0.257 e. The van der Waals surface area contributed by atoms with Gasteiger partial charge in [-0.3, -0.25) is 4.79 Å². The summed E-state index contributed by atoms with van der Waals surface area (Å²) in [5, 5.41) is 4.61. The zero-order valence-corrected chi connectivity index (χ0v) is 13.0. The Morgan fingerprint density at radius 2 is 2.19 bits per heavy atom. The van der Waals surface area contributed by atoms with Gasteiger partial charge in [0.1, 0.15) is 0 Å². The van der Waals surface area contributed by atoms with Gasteiger partial charge in [-0.15, -0.1) is 0 Å². The number of amides is 1. The number of aryl methyl sites for hydroxylation is 1. The van der Waals surface area contributed by atoms with E-state index in [4.69, 9.17) is 10.3 Å². The second-order valence-electron chi connectivity index (χ2n) is 5.77. The van der Waals surface area contributed by atoms with Gasteiger partial charge in [-0.2, -0.15) is 0 Å². The predicted molar refractivity (Wildman–Crippen MR) is 80.9 cm³/mol. The maximum atomic E-state index is 12.4. The molecule has 0 aliphatic carbocycles. The van der Waals surface area contributed by atoms with Gasteiger partial charge in [0.25, 0.3) is 11.6 Å². The summed E-state index contributed by atoms with van der Waals surface area (Å²) < 4.78 is 5.05. The monoisotopic (exact) mass is 290 g/mol. The van der Waals surface area contributed by atoms with Gasteiger partial charge in [-0.25, -0.2) is 4.98 Å². The minimum atomic E-state index is -0.0686. The van der Waals surface area contributed by atoms with E-state index in [1.165, 1.54) is 6.20 Å². The van der Waals surface area contributed by atoms with E-state index in [1.54, 1.807) is 18.0 Å². The van der Waals surface area contributed by atoms with E-state index >= 15 is 0 Å². The van der Waals surface area contributed by atoms with Crippen molar-refractivity contribution in [3.63, 3.8) is 0 Å². The fourth-order valence-electron chi connectivity index (χ4n) is 2.06. The Morgan fingerprint density at radius 3 is 2.86 bits per heavy atom. The zero-order valence-electron chi connectivity index (χ0n) is 13.0. The van der Waals surface area contributed by atoms with Gasteiger partial charge in [-0.1, -0.05) is 19.0 Å². The number of aromatic nitrogens is 2. The highest BCUT2D eigenvalue weighted by Gasteiger charge is 2.16. The summed E-state index contributed by atoms with van der Waals surface area (Å²) in [6.45, 7) is 6.62. The third-order valence-corrected chi connectivity index (χ3v) is 3.76. The summed E-state index contributed by atoms with van der Waals surface area (Å²) in [6.07, 6.45) is 2.30. The number of nitrogens with two attached hydrogens (primary N) is 1. The van der Waals surface area contributed by atoms with Crippen molar-refractivity contribution in [2.24, 2.45) is 11.7 Å². The van der Waals surface area contributed by atoms with Crippen LogP contribution in [0.1, 0.15) is 36.3 Å². The fourth-order valence-corrected chi connectivity index (χ4v) is 2.06. The number of carbonyl (C=O) groups is 1. The lowest BCUT2D eigenvalue weighted by atomic mass is 10.0. The van der Waals surface area contributed by atoms with Crippen LogP contribution in [0.3, 0.4) is 0 Å². The SMILES string of the molecule is Cc1noc2ncc(C(=O)N(C)CCC(N)C(C)C)cc12. The summed E-state index contributed by atoms with van der Waals surface area (Å²) in [6, 6.07) is 1.87. The standard InChI is InChI=1S/C15H22N4O2/c1-9(2)13(16)5-6-19(4)15(20)11-7-12-10(3)18-21-14(12)17-8-11/h7-9,13H,5-6,16H2,1-4H3. The van der Waals surface area contributed by atoms with Crippen molar-refractivity contribution in [1.29, 1.82) is 0 Å². The van der Waals surface area contributed by atoms with Gasteiger partial charge in [0.2, 0.25) is 0 Å². The smallest absolute Gasteiger partial charge is 0.257 e. The van der Waals surface area contributed by atoms with E-state index in [1.807, 2.05) is 6.92 Å². The second-order valence-corrected chi connectivity index (χ2v) is 5.77. The highest BCUT2D eigenvalue weighted by atomic mass is 16.5. The summed E-state index contributed by atoms with van der Waals surface area (Å²) in [4.78, 5) is 18.2. The van der Waals surface area contributed by atoms with Crippen LogP contribution in [0.2, 0.25) is 0 Å². The Balaban J connectivity index is 2.08. The fraction of sp³-hybridized carbons (Fsp3) is 0.533. The summed E-state index contributed by atoms with van der Waals surface area (Å²) >= 11 is 0. The number of hydrogen-bond acceptors (Lipinski definition) is 5. The number of hydrogen-bond donors (Lipinski definition) is 1. The van der Waals surface area contributed by atoms with Crippen molar-refractivity contribution >= 4 is 17.0 Å². The zero-order chi connectivity index (χ0) is 15.6. The molecule has 21 heavy (non-hydrogen) atoms. The second kappa shape index (κ2) is 6.22. The van der Waals surface area contributed by atoms with E-state index in [9.17, 15) is 4.79 Å². The van der Waals surface area contributed by atoms with E-state index in [0.717, 1.165) is 17.5 Å². The molecular weight excluding hydrogens is 268 g/mol. The molecule has 0 radical (unpaired) electrons. The van der Waals surface area contributed by atoms with Crippen LogP contribution < -0.4 is 5.73 Å². The molecule has 0 aliphatic rings. The summed E-state index contributed by atoms with van der Waals surface area (Å²) in [5.74, 6) is 0.340. The van der Waals surface area contributed by atoms with Crippen molar-refractivity contribution < 1.29 is 9.32 Å². The first-order chi connectivity index (χ1) is 9.90. The normalized spacial score (nSPS) is 12.9. The molecular formula is C15H22N4O2. The molecule has 1 amide bonds. The molecule has 1 atom stereocenters. The molecule has 0 saturated heterocycles. The predicted octanol–water partition coefficient (Wildman–Crippen LogP) is 1.98. The number of carbonyl (C=O) groups excluding carboxylic acids is 1. The highest BCUT2D eigenvalue weighted by Crippen LogP contribution is 2.17. The molecule has 2 aromatic heterocycles. The molecule has 0 aromatic carbocycles. The van der Waals surface area contributed by atoms with Gasteiger partial charge in [-0.05, 0) is 25.3 Å². The topological polar surface area (TPSA) is 85.2 Å². The molecule has 0 bridgehead atoms. The van der Waals surface area contributed by atoms with E-state index in [0.29, 0.717) is 23.7 Å². The van der Waals surface area contributed by atoms with Gasteiger partial charge >= 0.3 is 0 Å². The van der Waals surface area contributed by atoms with E-state index < -0.39 is 0 Å². The number of rotatable bonds is 5. The van der Waals surface area contributed by atoms with Crippen molar-refractivity contribution in [3.8, 4) is 0 Å². The Bertz CT molecular complexity index is 636. The molecule has 6 heteroatoms. The van der Waals surface area contributed by atoms with Crippen LogP contribution in [0.25, 0.3) is 11.1 Å². The van der Waals surface area contributed by atoms with Gasteiger partial charge in [0, 0.05) is 25.8 Å². The molecule has 2 rings (SSSR count). The van der Waals surface area contributed by atoms with Crippen molar-refractivity contribution in [1.82, 2.24) is 15.0 Å². The minimum absolute atomic E-state index is 0.0686. The number of fused-ring (bicyclic) bond motifs is 1. The van der Waals surface area contributed by atoms with Gasteiger partial charge < -0.3 is 15.2 Å². The molecule has 2 heterocycles. The van der Waals surface area contributed by atoms with Crippen molar-refractivity contribution in [3.05, 3.63) is 23.5 Å². The van der Waals surface area contributed by atoms with Crippen LogP contribution in [0.15, 0.2) is 16.8 Å². The Labute approximate surface area is 124 Å². The van der Waals surface area contributed by atoms with Crippen LogP contribution in [-0.2, 0) is 0 Å². The third-order valence-electron chi connectivity index (χ3n) is 3.76.